The number of carbonyl (C=O) groups excluding carboxylic acids is 1. The van der Waals surface area contributed by atoms with Crippen LogP contribution in [0.25, 0.3) is 16.7 Å². The minimum absolute atomic E-state index is 0. The van der Waals surface area contributed by atoms with Crippen molar-refractivity contribution >= 4 is 16.8 Å². The zero-order valence-corrected chi connectivity index (χ0v) is 16.3. The van der Waals surface area contributed by atoms with Crippen molar-refractivity contribution < 1.29 is 26.2 Å². The standard InChI is InChI=1S/C22H18FN3O2.ClH/c23-17-9-7-16(8-10-17)21(27)6-3-13-25-14-11-18(12-15-25)26-20-5-2-1-4-19(20)24-22(26)28;/h1-2,4-5,7-12,14-15H,3,6,13H2;1H. The molecule has 0 aliphatic heterocycles. The average molecular weight is 412 g/mol. The molecule has 0 unspecified atom stereocenters. The maximum Gasteiger partial charge on any atom is 0.331 e. The lowest BCUT2D eigenvalue weighted by Gasteiger charge is -2.03. The highest BCUT2D eigenvalue weighted by Gasteiger charge is 2.11. The number of aromatic amines is 1. The van der Waals surface area contributed by atoms with Crippen LogP contribution in [-0.4, -0.2) is 15.3 Å². The van der Waals surface area contributed by atoms with Crippen LogP contribution in [-0.2, 0) is 6.54 Å². The highest BCUT2D eigenvalue weighted by Crippen LogP contribution is 2.14. The number of ketones is 1. The van der Waals surface area contributed by atoms with E-state index >= 15 is 0 Å². The summed E-state index contributed by atoms with van der Waals surface area (Å²) in [7, 11) is 0. The molecule has 148 valence electrons. The lowest BCUT2D eigenvalue weighted by atomic mass is 10.1. The molecular weight excluding hydrogens is 393 g/mol. The minimum atomic E-state index is -0.346. The number of H-pyrrole nitrogens is 1. The number of hydrogen-bond donors (Lipinski definition) is 1. The van der Waals surface area contributed by atoms with Crippen molar-refractivity contribution in [1.29, 1.82) is 0 Å². The van der Waals surface area contributed by atoms with Crippen LogP contribution < -0.4 is 22.7 Å². The Bertz CT molecular complexity index is 1180. The predicted molar refractivity (Wildman–Crippen MR) is 104 cm³/mol. The van der Waals surface area contributed by atoms with Crippen LogP contribution in [0.15, 0.2) is 77.9 Å². The summed E-state index contributed by atoms with van der Waals surface area (Å²) in [6.45, 7) is 0.677. The van der Waals surface area contributed by atoms with E-state index in [4.69, 9.17) is 0 Å². The Morgan fingerprint density at radius 3 is 2.41 bits per heavy atom. The molecule has 2 aromatic heterocycles. The number of benzene rings is 2. The Morgan fingerprint density at radius 1 is 1.00 bits per heavy atom. The lowest BCUT2D eigenvalue weighted by molar-refractivity contribution is -0.697. The first-order valence-electron chi connectivity index (χ1n) is 9.10. The van der Waals surface area contributed by atoms with E-state index in [0.717, 1.165) is 16.7 Å². The number of carbonyl (C=O) groups is 1. The molecule has 4 aromatic rings. The highest BCUT2D eigenvalue weighted by molar-refractivity contribution is 5.95. The van der Waals surface area contributed by atoms with E-state index in [2.05, 4.69) is 4.98 Å². The summed E-state index contributed by atoms with van der Waals surface area (Å²) >= 11 is 0. The second-order valence-electron chi connectivity index (χ2n) is 6.61. The summed E-state index contributed by atoms with van der Waals surface area (Å²) in [5, 5.41) is 0. The summed E-state index contributed by atoms with van der Waals surface area (Å²) in [5.74, 6) is -0.343. The summed E-state index contributed by atoms with van der Waals surface area (Å²) in [6.07, 6.45) is 4.85. The van der Waals surface area contributed by atoms with E-state index in [1.807, 2.05) is 53.4 Å². The van der Waals surface area contributed by atoms with E-state index in [9.17, 15) is 14.0 Å². The second-order valence-corrected chi connectivity index (χ2v) is 6.61. The summed E-state index contributed by atoms with van der Waals surface area (Å²) in [5.41, 5.74) is 2.75. The van der Waals surface area contributed by atoms with Gasteiger partial charge in [0.15, 0.2) is 18.2 Å². The molecule has 0 aliphatic rings. The number of halogens is 2. The van der Waals surface area contributed by atoms with E-state index in [1.165, 1.54) is 24.3 Å². The maximum atomic E-state index is 12.9. The molecule has 0 fully saturated rings. The van der Waals surface area contributed by atoms with Crippen LogP contribution in [0.5, 0.6) is 0 Å². The number of imidazole rings is 1. The van der Waals surface area contributed by atoms with Crippen LogP contribution in [0.3, 0.4) is 0 Å². The van der Waals surface area contributed by atoms with Crippen molar-refractivity contribution in [2.45, 2.75) is 19.4 Å². The van der Waals surface area contributed by atoms with E-state index < -0.39 is 0 Å². The third-order valence-electron chi connectivity index (χ3n) is 4.71. The van der Waals surface area contributed by atoms with Gasteiger partial charge in [-0.3, -0.25) is 9.36 Å². The Kier molecular flexibility index (Phi) is 6.24. The van der Waals surface area contributed by atoms with Gasteiger partial charge in [-0.2, -0.15) is 0 Å². The molecule has 2 heterocycles. The van der Waals surface area contributed by atoms with Crippen molar-refractivity contribution in [2.75, 3.05) is 0 Å². The smallest absolute Gasteiger partial charge is 0.331 e. The Labute approximate surface area is 172 Å². The van der Waals surface area contributed by atoms with Crippen LogP contribution in [0, 0.1) is 5.82 Å². The largest absolute Gasteiger partial charge is 1.00 e. The number of nitrogens with one attached hydrogen (secondary N) is 1. The van der Waals surface area contributed by atoms with Crippen LogP contribution in [0.4, 0.5) is 4.39 Å². The van der Waals surface area contributed by atoms with E-state index in [1.54, 1.807) is 4.57 Å². The summed E-state index contributed by atoms with van der Waals surface area (Å²) < 4.78 is 16.5. The number of aryl methyl sites for hydroxylation is 1. The van der Waals surface area contributed by atoms with Gasteiger partial charge in [0.05, 0.1) is 16.7 Å². The third kappa shape index (κ3) is 4.43. The minimum Gasteiger partial charge on any atom is -1.00 e. The first-order chi connectivity index (χ1) is 13.6. The molecule has 7 heteroatoms. The van der Waals surface area contributed by atoms with Gasteiger partial charge in [-0.05, 0) is 36.4 Å². The van der Waals surface area contributed by atoms with Gasteiger partial charge in [-0.25, -0.2) is 13.8 Å². The van der Waals surface area contributed by atoms with Gasteiger partial charge in [0.2, 0.25) is 0 Å². The Hall–Kier alpha value is -3.25. The molecule has 2 aromatic carbocycles. The lowest BCUT2D eigenvalue weighted by Crippen LogP contribution is -3.00. The Balaban J connectivity index is 0.00000240. The van der Waals surface area contributed by atoms with E-state index in [0.29, 0.717) is 24.9 Å². The van der Waals surface area contributed by atoms with Gasteiger partial charge in [-0.1, -0.05) is 12.1 Å². The molecule has 0 aliphatic carbocycles. The first-order valence-corrected chi connectivity index (χ1v) is 9.10. The predicted octanol–water partition coefficient (Wildman–Crippen LogP) is 0.413. The van der Waals surface area contributed by atoms with Crippen molar-refractivity contribution in [3.8, 4) is 5.69 Å². The molecular formula is C22H19ClFN3O2. The van der Waals surface area contributed by atoms with Crippen molar-refractivity contribution in [3.05, 3.63) is 94.9 Å². The topological polar surface area (TPSA) is 58.7 Å². The zero-order chi connectivity index (χ0) is 19.5. The molecule has 5 nitrogen and oxygen atoms in total. The number of rotatable bonds is 6. The van der Waals surface area contributed by atoms with Gasteiger partial charge >= 0.3 is 5.69 Å². The molecule has 4 rings (SSSR count). The van der Waals surface area contributed by atoms with Gasteiger partial charge in [0.1, 0.15) is 12.4 Å². The first kappa shape index (κ1) is 20.5. The number of pyridine rings is 1. The average Bonchev–Trinajstić information content (AvgIpc) is 3.05. The summed E-state index contributed by atoms with van der Waals surface area (Å²) in [4.78, 5) is 27.3. The van der Waals surface area contributed by atoms with Crippen LogP contribution >= 0.6 is 0 Å². The number of aromatic nitrogens is 3. The molecule has 0 amide bonds. The molecule has 1 N–H and O–H groups in total. The van der Waals surface area contributed by atoms with Crippen LogP contribution in [0.1, 0.15) is 23.2 Å². The number of Topliss-reactive ketones (excluding diaryl/α,β-unsaturated/α-hetero) is 1. The maximum absolute atomic E-state index is 12.9. The number of fused-ring (bicyclic) bond motifs is 1. The van der Waals surface area contributed by atoms with Crippen molar-refractivity contribution in [1.82, 2.24) is 9.55 Å². The monoisotopic (exact) mass is 411 g/mol. The third-order valence-corrected chi connectivity index (χ3v) is 4.71. The molecule has 0 radical (unpaired) electrons. The zero-order valence-electron chi connectivity index (χ0n) is 15.5. The second kappa shape index (κ2) is 8.84. The van der Waals surface area contributed by atoms with Crippen molar-refractivity contribution in [3.63, 3.8) is 0 Å². The fourth-order valence-electron chi connectivity index (χ4n) is 3.26. The molecule has 0 spiro atoms. The normalized spacial score (nSPS) is 10.7. The van der Waals surface area contributed by atoms with Gasteiger partial charge in [0.25, 0.3) is 0 Å². The fraction of sp³-hybridized carbons (Fsp3) is 0.136. The van der Waals surface area contributed by atoms with Crippen LogP contribution in [0.2, 0.25) is 0 Å². The number of nitrogens with zero attached hydrogens (tertiary/aromatic N) is 2. The number of para-hydroxylation sites is 2. The summed E-state index contributed by atoms with van der Waals surface area (Å²) in [6, 6.07) is 16.9. The molecule has 0 saturated heterocycles. The molecule has 0 atom stereocenters. The van der Waals surface area contributed by atoms with Gasteiger partial charge in [0, 0.05) is 30.5 Å². The van der Waals surface area contributed by atoms with Crippen molar-refractivity contribution in [2.24, 2.45) is 0 Å². The highest BCUT2D eigenvalue weighted by atomic mass is 35.5. The van der Waals surface area contributed by atoms with Gasteiger partial charge < -0.3 is 17.4 Å². The molecule has 0 bridgehead atoms. The number of hydrogen-bond acceptors (Lipinski definition) is 2. The van der Waals surface area contributed by atoms with E-state index in [-0.39, 0.29) is 29.7 Å². The fourth-order valence-corrected chi connectivity index (χ4v) is 3.26. The molecule has 29 heavy (non-hydrogen) atoms. The quantitative estimate of drug-likeness (QED) is 0.369. The molecule has 0 saturated carbocycles. The SMILES string of the molecule is O=C(CCC[n+]1ccc(-n2c(=O)[nH]c3ccccc32)cc1)c1ccc(F)cc1.[Cl-]. The Morgan fingerprint density at radius 2 is 1.69 bits per heavy atom. The van der Waals surface area contributed by atoms with Gasteiger partial charge in [-0.15, -0.1) is 0 Å².